The first-order valence-electron chi connectivity index (χ1n) is 3.87. The first kappa shape index (κ1) is 10.6. The number of rotatable bonds is 2. The third-order valence-electron chi connectivity index (χ3n) is 2.11. The molecule has 0 bridgehead atoms. The van der Waals surface area contributed by atoms with Crippen LogP contribution in [0.1, 0.15) is 0 Å². The van der Waals surface area contributed by atoms with Gasteiger partial charge in [0.05, 0.1) is 18.6 Å². The fraction of sp³-hybridized carbons (Fsp3) is 0.857. The number of aldehydes is 1. The molecule has 0 aromatic heterocycles. The van der Waals surface area contributed by atoms with Crippen LogP contribution in [0.4, 0.5) is 0 Å². The van der Waals surface area contributed by atoms with Crippen LogP contribution in [-0.4, -0.2) is 57.9 Å². The zero-order valence-corrected chi connectivity index (χ0v) is 6.78. The Bertz CT molecular complexity index is 184. The Hall–Kier alpha value is -0.530. The summed E-state index contributed by atoms with van der Waals surface area (Å²) in [6.07, 6.45) is -4.98. The Balaban J connectivity index is 2.72. The van der Waals surface area contributed by atoms with Gasteiger partial charge >= 0.3 is 0 Å². The van der Waals surface area contributed by atoms with Crippen LogP contribution in [0, 0.1) is 5.92 Å². The fourth-order valence-electron chi connectivity index (χ4n) is 1.27. The van der Waals surface area contributed by atoms with Gasteiger partial charge in [-0.15, -0.1) is 0 Å². The number of hydrogen-bond donors (Lipinski definition) is 4. The number of aliphatic hydroxyl groups excluding tert-OH is 4. The molecule has 0 amide bonds. The van der Waals surface area contributed by atoms with E-state index in [4.69, 9.17) is 10.2 Å². The smallest absolute Gasteiger partial charge is 0.167 e. The standard InChI is InChI=1S/C7H12O6/c8-1-3-5(10)6(11)4(2-9)13-7(3)12/h1,3-7,9-12H,2H2. The van der Waals surface area contributed by atoms with Crippen molar-refractivity contribution in [2.45, 2.75) is 24.6 Å². The molecule has 1 saturated heterocycles. The molecule has 76 valence electrons. The molecule has 1 heterocycles. The van der Waals surface area contributed by atoms with Crippen LogP contribution in [0.2, 0.25) is 0 Å². The minimum atomic E-state index is -1.48. The van der Waals surface area contributed by atoms with Gasteiger partial charge in [0.1, 0.15) is 18.5 Å². The summed E-state index contributed by atoms with van der Waals surface area (Å²) >= 11 is 0. The Morgan fingerprint density at radius 2 is 1.85 bits per heavy atom. The van der Waals surface area contributed by atoms with Gasteiger partial charge < -0.3 is 30.0 Å². The zero-order chi connectivity index (χ0) is 10.0. The summed E-state index contributed by atoms with van der Waals surface area (Å²) in [5, 5.41) is 36.3. The van der Waals surface area contributed by atoms with Gasteiger partial charge in [-0.1, -0.05) is 0 Å². The van der Waals surface area contributed by atoms with Crippen molar-refractivity contribution in [2.24, 2.45) is 5.92 Å². The number of carbonyl (C=O) groups excluding carboxylic acids is 1. The molecule has 1 rings (SSSR count). The molecule has 6 heteroatoms. The summed E-state index contributed by atoms with van der Waals surface area (Å²) in [7, 11) is 0. The van der Waals surface area contributed by atoms with Crippen LogP contribution in [0.25, 0.3) is 0 Å². The highest BCUT2D eigenvalue weighted by Gasteiger charge is 2.43. The largest absolute Gasteiger partial charge is 0.394 e. The van der Waals surface area contributed by atoms with Crippen molar-refractivity contribution in [3.63, 3.8) is 0 Å². The van der Waals surface area contributed by atoms with Crippen LogP contribution < -0.4 is 0 Å². The zero-order valence-electron chi connectivity index (χ0n) is 6.78. The Labute approximate surface area is 74.4 Å². The highest BCUT2D eigenvalue weighted by Crippen LogP contribution is 2.23. The molecule has 1 aliphatic rings. The summed E-state index contributed by atoms with van der Waals surface area (Å²) in [5.41, 5.74) is 0. The predicted molar refractivity (Wildman–Crippen MR) is 39.5 cm³/mol. The maximum atomic E-state index is 10.3. The molecule has 0 saturated carbocycles. The van der Waals surface area contributed by atoms with E-state index in [1.807, 2.05) is 0 Å². The van der Waals surface area contributed by atoms with Gasteiger partial charge in [0, 0.05) is 0 Å². The highest BCUT2D eigenvalue weighted by atomic mass is 16.6. The van der Waals surface area contributed by atoms with E-state index in [0.717, 1.165) is 0 Å². The average Bonchev–Trinajstić information content (AvgIpc) is 2.12. The van der Waals surface area contributed by atoms with Crippen molar-refractivity contribution in [1.82, 2.24) is 0 Å². The lowest BCUT2D eigenvalue weighted by Gasteiger charge is -2.37. The van der Waals surface area contributed by atoms with Crippen LogP contribution >= 0.6 is 0 Å². The molecule has 0 radical (unpaired) electrons. The maximum absolute atomic E-state index is 10.3. The second-order valence-corrected chi connectivity index (χ2v) is 2.94. The van der Waals surface area contributed by atoms with Crippen molar-refractivity contribution in [3.8, 4) is 0 Å². The lowest BCUT2D eigenvalue weighted by Crippen LogP contribution is -2.56. The van der Waals surface area contributed by atoms with Crippen LogP contribution in [-0.2, 0) is 9.53 Å². The van der Waals surface area contributed by atoms with Gasteiger partial charge in [-0.05, 0) is 0 Å². The summed E-state index contributed by atoms with van der Waals surface area (Å²) in [4.78, 5) is 10.3. The van der Waals surface area contributed by atoms with Gasteiger partial charge in [-0.25, -0.2) is 0 Å². The molecule has 0 aliphatic carbocycles. The van der Waals surface area contributed by atoms with Crippen molar-refractivity contribution in [1.29, 1.82) is 0 Å². The molecule has 0 aromatic rings. The topological polar surface area (TPSA) is 107 Å². The molecular formula is C7H12O6. The summed E-state index contributed by atoms with van der Waals surface area (Å²) in [6.45, 7) is -0.527. The van der Waals surface area contributed by atoms with Crippen LogP contribution in [0.5, 0.6) is 0 Å². The van der Waals surface area contributed by atoms with Crippen molar-refractivity contribution in [3.05, 3.63) is 0 Å². The maximum Gasteiger partial charge on any atom is 0.167 e. The Kier molecular flexibility index (Phi) is 3.34. The predicted octanol–water partition coefficient (Wildman–Crippen LogP) is -2.77. The van der Waals surface area contributed by atoms with E-state index >= 15 is 0 Å². The molecule has 1 aliphatic heterocycles. The lowest BCUT2D eigenvalue weighted by molar-refractivity contribution is -0.261. The number of hydrogen-bond acceptors (Lipinski definition) is 6. The monoisotopic (exact) mass is 192 g/mol. The molecular weight excluding hydrogens is 180 g/mol. The van der Waals surface area contributed by atoms with Crippen LogP contribution in [0.15, 0.2) is 0 Å². The lowest BCUT2D eigenvalue weighted by atomic mass is 9.92. The van der Waals surface area contributed by atoms with E-state index < -0.39 is 37.1 Å². The first-order valence-corrected chi connectivity index (χ1v) is 3.87. The molecule has 6 nitrogen and oxygen atoms in total. The van der Waals surface area contributed by atoms with E-state index in [1.165, 1.54) is 0 Å². The molecule has 0 spiro atoms. The number of carbonyl (C=O) groups is 1. The molecule has 0 aromatic carbocycles. The van der Waals surface area contributed by atoms with Gasteiger partial charge in [0.15, 0.2) is 6.29 Å². The Morgan fingerprint density at radius 3 is 2.31 bits per heavy atom. The summed E-state index contributed by atoms with van der Waals surface area (Å²) < 4.78 is 4.69. The van der Waals surface area contributed by atoms with Crippen LogP contribution in [0.3, 0.4) is 0 Å². The molecule has 5 unspecified atom stereocenters. The third kappa shape index (κ3) is 1.87. The number of aliphatic hydroxyl groups is 4. The minimum absolute atomic E-state index is 0.312. The molecule has 1 fully saturated rings. The third-order valence-corrected chi connectivity index (χ3v) is 2.11. The van der Waals surface area contributed by atoms with Crippen molar-refractivity contribution in [2.75, 3.05) is 6.61 Å². The molecule has 5 atom stereocenters. The van der Waals surface area contributed by atoms with E-state index in [2.05, 4.69) is 4.74 Å². The average molecular weight is 192 g/mol. The molecule has 4 N–H and O–H groups in total. The SMILES string of the molecule is O=CC1C(O)OC(CO)C(O)C1O. The van der Waals surface area contributed by atoms with E-state index in [1.54, 1.807) is 0 Å². The number of ether oxygens (including phenoxy) is 1. The second kappa shape index (κ2) is 4.12. The van der Waals surface area contributed by atoms with Gasteiger partial charge in [-0.3, -0.25) is 0 Å². The van der Waals surface area contributed by atoms with Gasteiger partial charge in [-0.2, -0.15) is 0 Å². The van der Waals surface area contributed by atoms with Crippen molar-refractivity contribution < 1.29 is 30.0 Å². The molecule has 13 heavy (non-hydrogen) atoms. The first-order chi connectivity index (χ1) is 6.11. The van der Waals surface area contributed by atoms with E-state index in [-0.39, 0.29) is 0 Å². The second-order valence-electron chi connectivity index (χ2n) is 2.94. The summed E-state index contributed by atoms with van der Waals surface area (Å²) in [6, 6.07) is 0. The summed E-state index contributed by atoms with van der Waals surface area (Å²) in [5.74, 6) is -1.17. The fourth-order valence-corrected chi connectivity index (χ4v) is 1.27. The van der Waals surface area contributed by atoms with E-state index in [9.17, 15) is 15.0 Å². The van der Waals surface area contributed by atoms with Gasteiger partial charge in [0.25, 0.3) is 0 Å². The highest BCUT2D eigenvalue weighted by molar-refractivity contribution is 5.55. The van der Waals surface area contributed by atoms with Crippen molar-refractivity contribution >= 4 is 6.29 Å². The minimum Gasteiger partial charge on any atom is -0.394 e. The Morgan fingerprint density at radius 1 is 1.23 bits per heavy atom. The quantitative estimate of drug-likeness (QED) is 0.353. The van der Waals surface area contributed by atoms with Gasteiger partial charge in [0.2, 0.25) is 0 Å². The normalized spacial score (nSPS) is 46.0. The van der Waals surface area contributed by atoms with E-state index in [0.29, 0.717) is 6.29 Å².